The molecule has 16 heavy (non-hydrogen) atoms. The minimum atomic E-state index is 0.628. The van der Waals surface area contributed by atoms with Gasteiger partial charge in [-0.25, -0.2) is 0 Å². The molecule has 1 aliphatic rings. The van der Waals surface area contributed by atoms with Crippen molar-refractivity contribution in [2.45, 2.75) is 26.2 Å². The minimum Gasteiger partial charge on any atom is -0.341 e. The lowest BCUT2D eigenvalue weighted by molar-refractivity contribution is 0.432. The molecule has 1 aromatic heterocycles. The van der Waals surface area contributed by atoms with E-state index in [-0.39, 0.29) is 0 Å². The summed E-state index contributed by atoms with van der Waals surface area (Å²) in [6.45, 7) is 5.13. The van der Waals surface area contributed by atoms with E-state index in [1.54, 1.807) is 0 Å². The largest absolute Gasteiger partial charge is 0.341 e. The van der Waals surface area contributed by atoms with Gasteiger partial charge in [-0.1, -0.05) is 6.92 Å². The highest BCUT2D eigenvalue weighted by atomic mass is 15.4. The summed E-state index contributed by atoms with van der Waals surface area (Å²) in [6.07, 6.45) is 3.30. The highest BCUT2D eigenvalue weighted by Gasteiger charge is 2.20. The van der Waals surface area contributed by atoms with Crippen molar-refractivity contribution < 1.29 is 0 Å². The first kappa shape index (κ1) is 11.4. The van der Waals surface area contributed by atoms with E-state index in [0.717, 1.165) is 37.2 Å². The standard InChI is InChI=1S/C11H21N5/c1-9-4-7-16(8-5-9)11-14-13-10(3-6-12)15(11)2/h9H,3-8,12H2,1-2H3. The lowest BCUT2D eigenvalue weighted by atomic mass is 10.00. The van der Waals surface area contributed by atoms with E-state index >= 15 is 0 Å². The summed E-state index contributed by atoms with van der Waals surface area (Å²) < 4.78 is 2.07. The molecular formula is C11H21N5. The predicted molar refractivity (Wildman–Crippen MR) is 64.4 cm³/mol. The molecule has 2 N–H and O–H groups in total. The van der Waals surface area contributed by atoms with Crippen LogP contribution in [0.4, 0.5) is 5.95 Å². The maximum atomic E-state index is 5.54. The highest BCUT2D eigenvalue weighted by Crippen LogP contribution is 2.21. The molecule has 0 radical (unpaired) electrons. The van der Waals surface area contributed by atoms with E-state index in [9.17, 15) is 0 Å². The summed E-state index contributed by atoms with van der Waals surface area (Å²) in [5, 5.41) is 8.46. The smallest absolute Gasteiger partial charge is 0.226 e. The summed E-state index contributed by atoms with van der Waals surface area (Å²) in [6, 6.07) is 0. The van der Waals surface area contributed by atoms with Gasteiger partial charge in [-0.05, 0) is 25.3 Å². The third-order valence-electron chi connectivity index (χ3n) is 3.38. The summed E-state index contributed by atoms with van der Waals surface area (Å²) in [4.78, 5) is 2.33. The second-order valence-electron chi connectivity index (χ2n) is 4.68. The van der Waals surface area contributed by atoms with Crippen molar-refractivity contribution in [1.29, 1.82) is 0 Å². The van der Waals surface area contributed by atoms with Gasteiger partial charge in [0.25, 0.3) is 0 Å². The Morgan fingerprint density at radius 3 is 2.62 bits per heavy atom. The van der Waals surface area contributed by atoms with Gasteiger partial charge in [-0.15, -0.1) is 10.2 Å². The van der Waals surface area contributed by atoms with Crippen molar-refractivity contribution in [3.63, 3.8) is 0 Å². The molecule has 0 aromatic carbocycles. The van der Waals surface area contributed by atoms with E-state index in [2.05, 4.69) is 26.6 Å². The Morgan fingerprint density at radius 2 is 2.00 bits per heavy atom. The van der Waals surface area contributed by atoms with Crippen molar-refractivity contribution in [2.24, 2.45) is 18.7 Å². The Hall–Kier alpha value is -1.10. The lowest BCUT2D eigenvalue weighted by Crippen LogP contribution is -2.34. The predicted octanol–water partition coefficient (Wildman–Crippen LogP) is 0.553. The molecule has 0 atom stereocenters. The fourth-order valence-corrected chi connectivity index (χ4v) is 2.18. The Kier molecular flexibility index (Phi) is 3.43. The normalized spacial score (nSPS) is 18.1. The number of aromatic nitrogens is 3. The van der Waals surface area contributed by atoms with Crippen LogP contribution in [0, 0.1) is 5.92 Å². The van der Waals surface area contributed by atoms with E-state index < -0.39 is 0 Å². The average molecular weight is 223 g/mol. The number of hydrogen-bond donors (Lipinski definition) is 1. The molecule has 2 heterocycles. The van der Waals surface area contributed by atoms with Crippen LogP contribution in [-0.2, 0) is 13.5 Å². The van der Waals surface area contributed by atoms with Gasteiger partial charge in [-0.2, -0.15) is 0 Å². The number of nitrogens with two attached hydrogens (primary N) is 1. The first-order chi connectivity index (χ1) is 7.72. The quantitative estimate of drug-likeness (QED) is 0.813. The monoisotopic (exact) mass is 223 g/mol. The molecule has 0 amide bonds. The second-order valence-corrected chi connectivity index (χ2v) is 4.68. The number of rotatable bonds is 3. The highest BCUT2D eigenvalue weighted by molar-refractivity contribution is 5.31. The van der Waals surface area contributed by atoms with Crippen molar-refractivity contribution in [2.75, 3.05) is 24.5 Å². The van der Waals surface area contributed by atoms with Crippen LogP contribution in [0.3, 0.4) is 0 Å². The Bertz CT molecular complexity index is 338. The van der Waals surface area contributed by atoms with Crippen LogP contribution in [0.15, 0.2) is 0 Å². The fourth-order valence-electron chi connectivity index (χ4n) is 2.18. The van der Waals surface area contributed by atoms with Gasteiger partial charge >= 0.3 is 0 Å². The molecule has 1 aliphatic heterocycles. The van der Waals surface area contributed by atoms with Gasteiger partial charge in [0.2, 0.25) is 5.95 Å². The molecule has 5 heteroatoms. The average Bonchev–Trinajstić information content (AvgIpc) is 2.63. The summed E-state index contributed by atoms with van der Waals surface area (Å²) in [7, 11) is 2.03. The molecule has 90 valence electrons. The van der Waals surface area contributed by atoms with Crippen LogP contribution in [0.5, 0.6) is 0 Å². The van der Waals surface area contributed by atoms with Gasteiger partial charge in [-0.3, -0.25) is 0 Å². The third kappa shape index (κ3) is 2.19. The number of nitrogens with zero attached hydrogens (tertiary/aromatic N) is 4. The van der Waals surface area contributed by atoms with Crippen molar-refractivity contribution in [3.8, 4) is 0 Å². The van der Waals surface area contributed by atoms with Gasteiger partial charge in [0.15, 0.2) is 0 Å². The first-order valence-electron chi connectivity index (χ1n) is 6.05. The molecule has 0 unspecified atom stereocenters. The van der Waals surface area contributed by atoms with E-state index in [0.29, 0.717) is 6.54 Å². The first-order valence-corrected chi connectivity index (χ1v) is 6.05. The van der Waals surface area contributed by atoms with Crippen LogP contribution < -0.4 is 10.6 Å². The van der Waals surface area contributed by atoms with Gasteiger partial charge in [0.1, 0.15) is 5.82 Å². The molecular weight excluding hydrogens is 202 g/mol. The zero-order valence-corrected chi connectivity index (χ0v) is 10.2. The Labute approximate surface area is 96.6 Å². The van der Waals surface area contributed by atoms with Gasteiger partial charge < -0.3 is 15.2 Å². The fraction of sp³-hybridized carbons (Fsp3) is 0.818. The molecule has 5 nitrogen and oxygen atoms in total. The zero-order valence-electron chi connectivity index (χ0n) is 10.2. The summed E-state index contributed by atoms with van der Waals surface area (Å²) in [5.41, 5.74) is 5.54. The van der Waals surface area contributed by atoms with Crippen LogP contribution in [0.2, 0.25) is 0 Å². The zero-order chi connectivity index (χ0) is 11.5. The van der Waals surface area contributed by atoms with Crippen molar-refractivity contribution in [1.82, 2.24) is 14.8 Å². The molecule has 1 fully saturated rings. The number of anilines is 1. The van der Waals surface area contributed by atoms with Crippen LogP contribution >= 0.6 is 0 Å². The molecule has 0 aliphatic carbocycles. The molecule has 0 spiro atoms. The van der Waals surface area contributed by atoms with Crippen molar-refractivity contribution >= 4 is 5.95 Å². The molecule has 1 aromatic rings. The van der Waals surface area contributed by atoms with Crippen molar-refractivity contribution in [3.05, 3.63) is 5.82 Å². The lowest BCUT2D eigenvalue weighted by Gasteiger charge is -2.30. The Morgan fingerprint density at radius 1 is 1.31 bits per heavy atom. The van der Waals surface area contributed by atoms with E-state index in [4.69, 9.17) is 5.73 Å². The summed E-state index contributed by atoms with van der Waals surface area (Å²) in [5.74, 6) is 2.82. The molecule has 0 bridgehead atoms. The SMILES string of the molecule is CC1CCN(c2nnc(CCN)n2C)CC1. The van der Waals surface area contributed by atoms with Crippen LogP contribution in [-0.4, -0.2) is 34.4 Å². The number of piperidine rings is 1. The minimum absolute atomic E-state index is 0.628. The van der Waals surface area contributed by atoms with Crippen LogP contribution in [0.1, 0.15) is 25.6 Å². The van der Waals surface area contributed by atoms with E-state index in [1.807, 2.05) is 7.05 Å². The van der Waals surface area contributed by atoms with Crippen LogP contribution in [0.25, 0.3) is 0 Å². The maximum Gasteiger partial charge on any atom is 0.226 e. The number of hydrogen-bond acceptors (Lipinski definition) is 4. The maximum absolute atomic E-state index is 5.54. The van der Waals surface area contributed by atoms with E-state index in [1.165, 1.54) is 12.8 Å². The molecule has 2 rings (SSSR count). The molecule has 1 saturated heterocycles. The topological polar surface area (TPSA) is 60.0 Å². The van der Waals surface area contributed by atoms with Gasteiger partial charge in [0, 0.05) is 26.6 Å². The van der Waals surface area contributed by atoms with Gasteiger partial charge in [0.05, 0.1) is 0 Å². The second kappa shape index (κ2) is 4.82. The third-order valence-corrected chi connectivity index (χ3v) is 3.38. The Balaban J connectivity index is 2.09. The summed E-state index contributed by atoms with van der Waals surface area (Å²) >= 11 is 0. The molecule has 0 saturated carbocycles.